The van der Waals surface area contributed by atoms with Gasteiger partial charge in [0.2, 0.25) is 0 Å². The van der Waals surface area contributed by atoms with Crippen LogP contribution in [0.5, 0.6) is 0 Å². The van der Waals surface area contributed by atoms with Crippen molar-refractivity contribution in [1.82, 2.24) is 0 Å². The van der Waals surface area contributed by atoms with E-state index in [2.05, 4.69) is 6.92 Å². The zero-order chi connectivity index (χ0) is 16.1. The third kappa shape index (κ3) is 3.97. The van der Waals surface area contributed by atoms with Gasteiger partial charge in [0.25, 0.3) is 0 Å². The van der Waals surface area contributed by atoms with Gasteiger partial charge in [0.1, 0.15) is 17.4 Å². The van der Waals surface area contributed by atoms with Crippen molar-refractivity contribution in [2.75, 3.05) is 0 Å². The van der Waals surface area contributed by atoms with Gasteiger partial charge >= 0.3 is 0 Å². The van der Waals surface area contributed by atoms with Crippen molar-refractivity contribution in [3.05, 3.63) is 47.7 Å². The van der Waals surface area contributed by atoms with E-state index in [1.807, 2.05) is 0 Å². The average Bonchev–Trinajstić information content (AvgIpc) is 3.20. The first-order valence-corrected chi connectivity index (χ1v) is 7.39. The van der Waals surface area contributed by atoms with Crippen molar-refractivity contribution < 1.29 is 4.42 Å². The Morgan fingerprint density at radius 1 is 1.18 bits per heavy atom. The first-order chi connectivity index (χ1) is 10.5. The van der Waals surface area contributed by atoms with E-state index in [0.717, 1.165) is 5.92 Å². The second kappa shape index (κ2) is 6.93. The Morgan fingerprint density at radius 3 is 2.32 bits per heavy atom. The fourth-order valence-corrected chi connectivity index (χ4v) is 2.11. The molecular weight excluding hydrogens is 276 g/mol. The summed E-state index contributed by atoms with van der Waals surface area (Å²) >= 11 is 0. The van der Waals surface area contributed by atoms with Crippen molar-refractivity contribution >= 4 is 11.7 Å². The van der Waals surface area contributed by atoms with Gasteiger partial charge in [-0.3, -0.25) is 10.8 Å². The molecule has 0 aliphatic heterocycles. The molecule has 0 atom stereocenters. The van der Waals surface area contributed by atoms with E-state index in [0.29, 0.717) is 22.5 Å². The lowest BCUT2D eigenvalue weighted by Crippen LogP contribution is -2.16. The lowest BCUT2D eigenvalue weighted by molar-refractivity contribution is 0.582. The topological polar surface area (TPSA) is 113 Å². The van der Waals surface area contributed by atoms with Crippen LogP contribution in [0.2, 0.25) is 0 Å². The lowest BCUT2D eigenvalue weighted by atomic mass is 10.0. The molecule has 6 N–H and O–H groups in total. The lowest BCUT2D eigenvalue weighted by Gasteiger charge is -2.08. The van der Waals surface area contributed by atoms with Gasteiger partial charge in [-0.15, -0.1) is 0 Å². The van der Waals surface area contributed by atoms with Gasteiger partial charge in [-0.05, 0) is 30.2 Å². The van der Waals surface area contributed by atoms with Crippen LogP contribution in [0.3, 0.4) is 0 Å². The average molecular weight is 298 g/mol. The smallest absolute Gasteiger partial charge is 0.134 e. The molecule has 0 saturated heterocycles. The van der Waals surface area contributed by atoms with Crippen LogP contribution in [0.4, 0.5) is 0 Å². The number of nitrogen functional groups attached to an aromatic ring is 2. The summed E-state index contributed by atoms with van der Waals surface area (Å²) in [6.45, 7) is 2.26. The number of rotatable bonds is 4. The van der Waals surface area contributed by atoms with Gasteiger partial charge in [-0.25, -0.2) is 0 Å². The maximum atomic E-state index is 7.54. The molecular formula is C17H22N4O. The zero-order valence-electron chi connectivity index (χ0n) is 12.7. The van der Waals surface area contributed by atoms with Crippen LogP contribution in [0.1, 0.15) is 37.3 Å². The molecule has 1 saturated carbocycles. The van der Waals surface area contributed by atoms with Gasteiger partial charge < -0.3 is 15.9 Å². The molecule has 5 nitrogen and oxygen atoms in total. The number of hydrogen-bond donors (Lipinski definition) is 4. The second-order valence-corrected chi connectivity index (χ2v) is 5.42. The number of furan rings is 1. The fraction of sp³-hybridized carbons (Fsp3) is 0.294. The summed E-state index contributed by atoms with van der Waals surface area (Å²) in [4.78, 5) is 0. The molecule has 5 heteroatoms. The number of nitrogens with one attached hydrogen (secondary N) is 2. The second-order valence-electron chi connectivity index (χ2n) is 5.42. The maximum Gasteiger partial charge on any atom is 0.134 e. The molecule has 1 aromatic heterocycles. The first kappa shape index (κ1) is 15.8. The summed E-state index contributed by atoms with van der Waals surface area (Å²) in [6.07, 6.45) is 5.99. The number of benzene rings is 1. The van der Waals surface area contributed by atoms with E-state index in [9.17, 15) is 0 Å². The normalized spacial score (nSPS) is 13.1. The summed E-state index contributed by atoms with van der Waals surface area (Å²) in [5, 5.41) is 14.9. The largest absolute Gasteiger partial charge is 0.464 e. The highest BCUT2D eigenvalue weighted by Crippen LogP contribution is 2.31. The van der Waals surface area contributed by atoms with Crippen molar-refractivity contribution in [2.45, 2.75) is 26.2 Å². The number of amidine groups is 2. The van der Waals surface area contributed by atoms with E-state index >= 15 is 0 Å². The van der Waals surface area contributed by atoms with Crippen LogP contribution in [0, 0.1) is 16.7 Å². The van der Waals surface area contributed by atoms with Crippen LogP contribution < -0.4 is 11.5 Å². The highest BCUT2D eigenvalue weighted by atomic mass is 16.3. The predicted octanol–water partition coefficient (Wildman–Crippen LogP) is 3.32. The van der Waals surface area contributed by atoms with E-state index in [-0.39, 0.29) is 11.7 Å². The van der Waals surface area contributed by atoms with Crippen LogP contribution >= 0.6 is 0 Å². The summed E-state index contributed by atoms with van der Waals surface area (Å²) < 4.78 is 5.27. The van der Waals surface area contributed by atoms with Crippen LogP contribution in [-0.4, -0.2) is 11.7 Å². The summed E-state index contributed by atoms with van der Waals surface area (Å²) in [5.74, 6) is 1.62. The minimum atomic E-state index is -0.0838. The van der Waals surface area contributed by atoms with E-state index in [1.54, 1.807) is 36.6 Å². The van der Waals surface area contributed by atoms with Crippen LogP contribution in [-0.2, 0) is 0 Å². The zero-order valence-corrected chi connectivity index (χ0v) is 12.7. The summed E-state index contributed by atoms with van der Waals surface area (Å²) in [5.41, 5.74) is 12.7. The summed E-state index contributed by atoms with van der Waals surface area (Å²) in [7, 11) is 0. The molecule has 0 spiro atoms. The highest BCUT2D eigenvalue weighted by molar-refractivity contribution is 6.04. The Kier molecular flexibility index (Phi) is 4.99. The molecule has 1 aliphatic carbocycles. The van der Waals surface area contributed by atoms with Crippen molar-refractivity contribution in [3.8, 4) is 11.3 Å². The van der Waals surface area contributed by atoms with Gasteiger partial charge in [0.05, 0.1) is 6.26 Å². The third-order valence-corrected chi connectivity index (χ3v) is 3.68. The Bertz CT molecular complexity index is 657. The standard InChI is InChI=1S/C12H12N4O.C5H10/c13-11(14)7-3-4-8(9(6-7)12(15)16)10-2-1-5-17-10;1-2-5-3-4-5/h1-6H,(H3,13,14)(H3,15,16);5H,2-4H2,1H3. The molecule has 1 aliphatic rings. The molecule has 0 unspecified atom stereocenters. The van der Waals surface area contributed by atoms with Gasteiger partial charge in [-0.1, -0.05) is 32.3 Å². The van der Waals surface area contributed by atoms with Crippen molar-refractivity contribution in [2.24, 2.45) is 17.4 Å². The fourth-order valence-electron chi connectivity index (χ4n) is 2.11. The maximum absolute atomic E-state index is 7.54. The van der Waals surface area contributed by atoms with Crippen molar-refractivity contribution in [3.63, 3.8) is 0 Å². The predicted molar refractivity (Wildman–Crippen MR) is 89.2 cm³/mol. The monoisotopic (exact) mass is 298 g/mol. The van der Waals surface area contributed by atoms with E-state index in [4.69, 9.17) is 26.7 Å². The Morgan fingerprint density at radius 2 is 1.91 bits per heavy atom. The van der Waals surface area contributed by atoms with Gasteiger partial charge in [0, 0.05) is 16.7 Å². The van der Waals surface area contributed by atoms with Gasteiger partial charge in [0.15, 0.2) is 0 Å². The molecule has 0 radical (unpaired) electrons. The minimum absolute atomic E-state index is 0.0569. The molecule has 1 fully saturated rings. The quantitative estimate of drug-likeness (QED) is 0.513. The Balaban J connectivity index is 0.000000299. The molecule has 1 aromatic carbocycles. The van der Waals surface area contributed by atoms with Gasteiger partial charge in [-0.2, -0.15) is 0 Å². The third-order valence-electron chi connectivity index (χ3n) is 3.68. The van der Waals surface area contributed by atoms with E-state index < -0.39 is 0 Å². The molecule has 0 amide bonds. The Hall–Kier alpha value is -2.56. The SMILES string of the molecule is CCC1CC1.N=C(N)c1ccc(-c2ccco2)c(C(=N)N)c1. The molecule has 22 heavy (non-hydrogen) atoms. The highest BCUT2D eigenvalue weighted by Gasteiger charge is 2.17. The van der Waals surface area contributed by atoms with Crippen LogP contribution in [0.15, 0.2) is 41.0 Å². The molecule has 1 heterocycles. The Labute approximate surface area is 130 Å². The molecule has 0 bridgehead atoms. The first-order valence-electron chi connectivity index (χ1n) is 7.39. The molecule has 2 aromatic rings. The molecule has 3 rings (SSSR count). The van der Waals surface area contributed by atoms with Crippen molar-refractivity contribution in [1.29, 1.82) is 10.8 Å². The van der Waals surface area contributed by atoms with E-state index in [1.165, 1.54) is 19.3 Å². The van der Waals surface area contributed by atoms with Crippen LogP contribution in [0.25, 0.3) is 11.3 Å². The minimum Gasteiger partial charge on any atom is -0.464 e. The number of hydrogen-bond acceptors (Lipinski definition) is 3. The molecule has 116 valence electrons. The summed E-state index contributed by atoms with van der Waals surface area (Å²) in [6, 6.07) is 8.61. The number of nitrogens with two attached hydrogens (primary N) is 2.